The lowest BCUT2D eigenvalue weighted by atomic mass is 10.00. The third-order valence-electron chi connectivity index (χ3n) is 5.10. The number of halogens is 4. The van der Waals surface area contributed by atoms with Crippen molar-refractivity contribution in [1.29, 1.82) is 0 Å². The van der Waals surface area contributed by atoms with E-state index in [4.69, 9.17) is 0 Å². The maximum Gasteiger partial charge on any atom is 0.419 e. The van der Waals surface area contributed by atoms with Crippen LogP contribution >= 0.6 is 0 Å². The van der Waals surface area contributed by atoms with Crippen LogP contribution in [0.3, 0.4) is 0 Å². The van der Waals surface area contributed by atoms with Gasteiger partial charge in [0.25, 0.3) is 5.91 Å². The highest BCUT2D eigenvalue weighted by Crippen LogP contribution is 2.33. The Bertz CT molecular complexity index is 1070. The third kappa shape index (κ3) is 5.23. The monoisotopic (exact) mass is 460 g/mol. The number of hydrogen-bond donors (Lipinski definition) is 2. The minimum atomic E-state index is -4.93. The number of nitrogens with one attached hydrogen (secondary N) is 1. The zero-order valence-corrected chi connectivity index (χ0v) is 17.0. The van der Waals surface area contributed by atoms with Gasteiger partial charge in [0.05, 0.1) is 10.5 Å². The highest BCUT2D eigenvalue weighted by molar-refractivity contribution is 7.89. The van der Waals surface area contributed by atoms with Gasteiger partial charge in [-0.05, 0) is 55.2 Å². The van der Waals surface area contributed by atoms with Crippen LogP contribution < -0.4 is 5.32 Å². The Morgan fingerprint density at radius 2 is 1.81 bits per heavy atom. The average Bonchev–Trinajstić information content (AvgIpc) is 2.74. The van der Waals surface area contributed by atoms with Crippen LogP contribution in [0.25, 0.3) is 0 Å². The lowest BCUT2D eigenvalue weighted by Crippen LogP contribution is -2.39. The number of rotatable bonds is 5. The van der Waals surface area contributed by atoms with Gasteiger partial charge in [-0.25, -0.2) is 12.8 Å². The van der Waals surface area contributed by atoms with Gasteiger partial charge in [0.15, 0.2) is 0 Å². The molecule has 31 heavy (non-hydrogen) atoms. The quantitative estimate of drug-likeness (QED) is 0.669. The van der Waals surface area contributed by atoms with E-state index in [2.05, 4.69) is 5.32 Å². The Labute approximate surface area is 176 Å². The number of carbonyl (C=O) groups is 1. The number of aliphatic hydroxyl groups excluding tert-OH is 1. The Morgan fingerprint density at radius 1 is 1.13 bits per heavy atom. The molecule has 0 spiro atoms. The van der Waals surface area contributed by atoms with Crippen LogP contribution in [0.15, 0.2) is 47.4 Å². The van der Waals surface area contributed by atoms with E-state index in [0.29, 0.717) is 25.0 Å². The Morgan fingerprint density at radius 3 is 2.42 bits per heavy atom. The van der Waals surface area contributed by atoms with Gasteiger partial charge in [0.2, 0.25) is 10.0 Å². The van der Waals surface area contributed by atoms with Crippen molar-refractivity contribution in [3.8, 4) is 0 Å². The summed E-state index contributed by atoms with van der Waals surface area (Å²) in [7, 11) is -3.88. The van der Waals surface area contributed by atoms with Crippen LogP contribution in [0.4, 0.5) is 23.2 Å². The van der Waals surface area contributed by atoms with E-state index in [0.717, 1.165) is 12.1 Å². The summed E-state index contributed by atoms with van der Waals surface area (Å²) in [5.74, 6) is -2.26. The molecule has 1 amide bonds. The molecule has 2 N–H and O–H groups in total. The molecule has 0 aromatic heterocycles. The van der Waals surface area contributed by atoms with Crippen LogP contribution in [-0.2, 0) is 16.2 Å². The highest BCUT2D eigenvalue weighted by Gasteiger charge is 2.34. The second-order valence-electron chi connectivity index (χ2n) is 7.20. The van der Waals surface area contributed by atoms with E-state index in [1.165, 1.54) is 22.5 Å². The molecular formula is C20H20F4N2O4S. The van der Waals surface area contributed by atoms with Gasteiger partial charge in [-0.3, -0.25) is 4.79 Å². The molecule has 3 rings (SSSR count). The first kappa shape index (κ1) is 23.2. The molecular weight excluding hydrogens is 440 g/mol. The SMILES string of the molecule is O=C(Nc1ccc(F)c(C(F)(F)F)c1)c1cccc(S(=O)(=O)N2CCC(CO)CC2)c1. The van der Waals surface area contributed by atoms with Crippen LogP contribution in [0.2, 0.25) is 0 Å². The molecule has 1 saturated heterocycles. The third-order valence-corrected chi connectivity index (χ3v) is 6.99. The number of hydrogen-bond acceptors (Lipinski definition) is 4. The summed E-state index contributed by atoms with van der Waals surface area (Å²) < 4.78 is 79.0. The van der Waals surface area contributed by atoms with Crippen molar-refractivity contribution in [2.75, 3.05) is 25.0 Å². The Kier molecular flexibility index (Phi) is 6.68. The number of benzene rings is 2. The smallest absolute Gasteiger partial charge is 0.396 e. The summed E-state index contributed by atoms with van der Waals surface area (Å²) in [6, 6.07) is 7.18. The molecule has 0 bridgehead atoms. The molecule has 0 unspecified atom stereocenters. The van der Waals surface area contributed by atoms with Gasteiger partial charge in [-0.15, -0.1) is 0 Å². The molecule has 2 aromatic carbocycles. The summed E-state index contributed by atoms with van der Waals surface area (Å²) in [5.41, 5.74) is -1.88. The maximum absolute atomic E-state index is 13.4. The highest BCUT2D eigenvalue weighted by atomic mass is 32.2. The fourth-order valence-electron chi connectivity index (χ4n) is 3.30. The summed E-state index contributed by atoms with van der Waals surface area (Å²) in [5, 5.41) is 11.4. The molecule has 0 radical (unpaired) electrons. The fraction of sp³-hybridized carbons (Fsp3) is 0.350. The van der Waals surface area contributed by atoms with Crippen LogP contribution in [0.5, 0.6) is 0 Å². The van der Waals surface area contributed by atoms with Crippen molar-refractivity contribution in [1.82, 2.24) is 4.31 Å². The van der Waals surface area contributed by atoms with Gasteiger partial charge >= 0.3 is 6.18 Å². The van der Waals surface area contributed by atoms with Crippen LogP contribution in [0, 0.1) is 11.7 Å². The van der Waals surface area contributed by atoms with E-state index in [1.54, 1.807) is 0 Å². The second-order valence-corrected chi connectivity index (χ2v) is 9.14. The van der Waals surface area contributed by atoms with Crippen molar-refractivity contribution in [3.05, 3.63) is 59.4 Å². The first-order valence-corrected chi connectivity index (χ1v) is 10.9. The van der Waals surface area contributed by atoms with Gasteiger partial charge in [0.1, 0.15) is 5.82 Å². The molecule has 1 heterocycles. The predicted octanol–water partition coefficient (Wildman–Crippen LogP) is 3.49. The Hall–Kier alpha value is -2.50. The van der Waals surface area contributed by atoms with E-state index in [-0.39, 0.29) is 41.8 Å². The summed E-state index contributed by atoms with van der Waals surface area (Å²) in [6.45, 7) is 0.461. The fourth-order valence-corrected chi connectivity index (χ4v) is 4.82. The Balaban J connectivity index is 1.79. The van der Waals surface area contributed by atoms with Crippen LogP contribution in [-0.4, -0.2) is 43.4 Å². The van der Waals surface area contributed by atoms with E-state index in [9.17, 15) is 35.9 Å². The van der Waals surface area contributed by atoms with Crippen molar-refractivity contribution < 1.29 is 35.9 Å². The van der Waals surface area contributed by atoms with Gasteiger partial charge in [0, 0.05) is 30.9 Å². The predicted molar refractivity (Wildman–Crippen MR) is 104 cm³/mol. The standard InChI is InChI=1S/C20H20F4N2O4S/c21-18-5-4-15(11-17(18)20(22,23)24)25-19(28)14-2-1-3-16(10-14)31(29,30)26-8-6-13(12-27)7-9-26/h1-5,10-11,13,27H,6-9,12H2,(H,25,28). The first-order chi connectivity index (χ1) is 14.5. The van der Waals surface area contributed by atoms with Gasteiger partial charge in [-0.1, -0.05) is 6.07 Å². The minimum Gasteiger partial charge on any atom is -0.396 e. The number of sulfonamides is 1. The molecule has 1 aliphatic rings. The molecule has 6 nitrogen and oxygen atoms in total. The number of carbonyl (C=O) groups excluding carboxylic acids is 1. The molecule has 0 atom stereocenters. The number of anilines is 1. The summed E-state index contributed by atoms with van der Waals surface area (Å²) in [4.78, 5) is 12.3. The van der Waals surface area contributed by atoms with Crippen molar-refractivity contribution >= 4 is 21.6 Å². The van der Waals surface area contributed by atoms with Gasteiger partial charge in [-0.2, -0.15) is 17.5 Å². The normalized spacial score (nSPS) is 16.3. The molecule has 11 heteroatoms. The number of piperidine rings is 1. The van der Waals surface area contributed by atoms with E-state index >= 15 is 0 Å². The second kappa shape index (κ2) is 8.93. The number of aliphatic hydroxyl groups is 1. The molecule has 2 aromatic rings. The molecule has 1 aliphatic heterocycles. The number of alkyl halides is 3. The lowest BCUT2D eigenvalue weighted by molar-refractivity contribution is -0.139. The van der Waals surface area contributed by atoms with Crippen molar-refractivity contribution in [3.63, 3.8) is 0 Å². The zero-order valence-electron chi connectivity index (χ0n) is 16.2. The number of nitrogens with zero attached hydrogens (tertiary/aromatic N) is 1. The number of amides is 1. The topological polar surface area (TPSA) is 86.7 Å². The summed E-state index contributed by atoms with van der Waals surface area (Å²) >= 11 is 0. The molecule has 0 aliphatic carbocycles. The average molecular weight is 460 g/mol. The first-order valence-electron chi connectivity index (χ1n) is 9.41. The molecule has 1 fully saturated rings. The summed E-state index contributed by atoms with van der Waals surface area (Å²) in [6.07, 6.45) is -3.90. The molecule has 0 saturated carbocycles. The van der Waals surface area contributed by atoms with Crippen molar-refractivity contribution in [2.45, 2.75) is 23.9 Å². The van der Waals surface area contributed by atoms with E-state index < -0.39 is 33.5 Å². The van der Waals surface area contributed by atoms with Gasteiger partial charge < -0.3 is 10.4 Å². The zero-order chi connectivity index (χ0) is 22.8. The van der Waals surface area contributed by atoms with E-state index in [1.807, 2.05) is 0 Å². The maximum atomic E-state index is 13.4. The largest absolute Gasteiger partial charge is 0.419 e. The van der Waals surface area contributed by atoms with Crippen LogP contribution in [0.1, 0.15) is 28.8 Å². The van der Waals surface area contributed by atoms with Crippen molar-refractivity contribution in [2.24, 2.45) is 5.92 Å². The lowest BCUT2D eigenvalue weighted by Gasteiger charge is -2.30. The molecule has 168 valence electrons. The minimum absolute atomic E-state index is 0.0109.